The van der Waals surface area contributed by atoms with E-state index in [9.17, 15) is 4.79 Å². The third-order valence-electron chi connectivity index (χ3n) is 4.23. The van der Waals surface area contributed by atoms with Crippen molar-refractivity contribution >= 4 is 29.4 Å². The maximum absolute atomic E-state index is 11.7. The van der Waals surface area contributed by atoms with Crippen LogP contribution in [0.2, 0.25) is 5.02 Å². The maximum atomic E-state index is 11.7. The summed E-state index contributed by atoms with van der Waals surface area (Å²) in [5.41, 5.74) is 3.53. The minimum Gasteiger partial charge on any atom is -0.489 e. The first-order chi connectivity index (χ1) is 17.2. The summed E-state index contributed by atoms with van der Waals surface area (Å²) < 4.78 is 5.48. The molecule has 0 aromatic heterocycles. The molecule has 0 saturated heterocycles. The molecule has 0 spiro atoms. The zero-order valence-corrected chi connectivity index (χ0v) is 23.3. The first kappa shape index (κ1) is 33.1. The van der Waals surface area contributed by atoms with Crippen molar-refractivity contribution in [1.82, 2.24) is 10.6 Å². The molecular formula is C28H42ClN3O4. The number of ether oxygens (including phenoxy) is 1. The van der Waals surface area contributed by atoms with E-state index in [0.717, 1.165) is 11.3 Å². The molecule has 0 radical (unpaired) electrons. The number of hydrogen-bond acceptors (Lipinski definition) is 6. The van der Waals surface area contributed by atoms with Crippen LogP contribution in [-0.2, 0) is 0 Å². The van der Waals surface area contributed by atoms with E-state index < -0.39 is 6.10 Å². The van der Waals surface area contributed by atoms with E-state index in [4.69, 9.17) is 26.6 Å². The van der Waals surface area contributed by atoms with Gasteiger partial charge < -0.3 is 25.6 Å². The Morgan fingerprint density at radius 1 is 1.11 bits per heavy atom. The smallest absolute Gasteiger partial charge is 0.251 e. The van der Waals surface area contributed by atoms with Gasteiger partial charge >= 0.3 is 0 Å². The van der Waals surface area contributed by atoms with Crippen LogP contribution >= 0.6 is 11.6 Å². The van der Waals surface area contributed by atoms with Crippen LogP contribution in [0, 0.1) is 6.92 Å². The molecule has 7 nitrogen and oxygen atoms in total. The second-order valence-corrected chi connectivity index (χ2v) is 8.26. The van der Waals surface area contributed by atoms with Crippen LogP contribution in [-0.4, -0.2) is 54.7 Å². The van der Waals surface area contributed by atoms with E-state index in [1.165, 1.54) is 11.8 Å². The van der Waals surface area contributed by atoms with Gasteiger partial charge in [-0.25, -0.2) is 0 Å². The lowest BCUT2D eigenvalue weighted by Crippen LogP contribution is -2.25. The van der Waals surface area contributed by atoms with E-state index in [1.807, 2.05) is 72.1 Å². The first-order valence-corrected chi connectivity index (χ1v) is 12.6. The van der Waals surface area contributed by atoms with Gasteiger partial charge in [0.05, 0.1) is 22.9 Å². The number of rotatable bonds is 10. The second-order valence-electron chi connectivity index (χ2n) is 7.85. The predicted octanol–water partition coefficient (Wildman–Crippen LogP) is 5.23. The number of hydrogen-bond donors (Lipinski definition) is 4. The molecule has 200 valence electrons. The van der Waals surface area contributed by atoms with Crippen LogP contribution < -0.4 is 15.4 Å². The Labute approximate surface area is 221 Å². The molecule has 0 bridgehead atoms. The largest absolute Gasteiger partial charge is 0.489 e. The van der Waals surface area contributed by atoms with E-state index in [2.05, 4.69) is 15.6 Å². The number of carbonyl (C=O) groups excluding carboxylic acids is 1. The fraction of sp³-hybridized carbons (Fsp3) is 0.429. The Kier molecular flexibility index (Phi) is 17.8. The topological polar surface area (TPSA) is 103 Å². The van der Waals surface area contributed by atoms with Crippen molar-refractivity contribution in [3.05, 3.63) is 70.4 Å². The molecule has 2 aromatic carbocycles. The lowest BCUT2D eigenvalue weighted by Gasteiger charge is -2.12. The number of benzene rings is 2. The summed E-state index contributed by atoms with van der Waals surface area (Å²) in [4.78, 5) is 15.9. The monoisotopic (exact) mass is 519 g/mol. The summed E-state index contributed by atoms with van der Waals surface area (Å²) in [5, 5.41) is 23.8. The highest BCUT2D eigenvalue weighted by Gasteiger charge is 2.10. The standard InChI is InChI=1S/C13H18ClNO3.C13H18N2O.C2H6/c1-9(2)18-12-5-4-10(8-11(12)14)13(17)15-6-3-7-16;1-10-4-6-12(7-5-10)13(9-14-3)15-8-11(2)16;1-2/h4-5,8-9,16H,3,6-7H2,1-2H3,(H,15,17);4-9,11,14,16H,1-3H3;1-2H3/b;13-9-,15-8?;. The number of nitrogens with zero attached hydrogens (tertiary/aromatic N) is 1. The number of nitrogens with one attached hydrogen (secondary N) is 2. The minimum atomic E-state index is -0.536. The van der Waals surface area contributed by atoms with Gasteiger partial charge in [-0.05, 0) is 52.3 Å². The van der Waals surface area contributed by atoms with Crippen molar-refractivity contribution < 1.29 is 19.7 Å². The zero-order chi connectivity index (χ0) is 27.5. The average Bonchev–Trinajstić information content (AvgIpc) is 2.85. The van der Waals surface area contributed by atoms with E-state index in [-0.39, 0.29) is 18.6 Å². The summed E-state index contributed by atoms with van der Waals surface area (Å²) >= 11 is 6.03. The molecule has 0 heterocycles. The van der Waals surface area contributed by atoms with Crippen LogP contribution in [0.25, 0.3) is 5.70 Å². The number of aliphatic imine (C=N–C) groups is 1. The number of carbonyl (C=O) groups is 1. The van der Waals surface area contributed by atoms with Crippen molar-refractivity contribution in [2.45, 2.75) is 60.2 Å². The third-order valence-corrected chi connectivity index (χ3v) is 4.53. The Bertz CT molecular complexity index is 942. The highest BCUT2D eigenvalue weighted by atomic mass is 35.5. The lowest BCUT2D eigenvalue weighted by atomic mass is 10.1. The quantitative estimate of drug-likeness (QED) is 0.254. The number of aliphatic hydroxyl groups is 2. The fourth-order valence-corrected chi connectivity index (χ4v) is 2.84. The van der Waals surface area contributed by atoms with E-state index >= 15 is 0 Å². The lowest BCUT2D eigenvalue weighted by molar-refractivity contribution is 0.0951. The van der Waals surface area contributed by atoms with Crippen LogP contribution in [0.4, 0.5) is 0 Å². The molecule has 0 aliphatic heterocycles. The highest BCUT2D eigenvalue weighted by molar-refractivity contribution is 6.32. The van der Waals surface area contributed by atoms with Crippen molar-refractivity contribution in [2.24, 2.45) is 4.99 Å². The van der Waals surface area contributed by atoms with Gasteiger partial charge in [-0.2, -0.15) is 0 Å². The molecule has 2 rings (SSSR count). The maximum Gasteiger partial charge on any atom is 0.251 e. The Hall–Kier alpha value is -2.87. The molecule has 1 atom stereocenters. The molecular weight excluding hydrogens is 478 g/mol. The van der Waals surface area contributed by atoms with Crippen LogP contribution in [0.5, 0.6) is 5.75 Å². The summed E-state index contributed by atoms with van der Waals surface area (Å²) in [6.07, 6.45) is 3.36. The molecule has 8 heteroatoms. The normalized spacial score (nSPS) is 11.7. The van der Waals surface area contributed by atoms with Gasteiger partial charge in [-0.1, -0.05) is 55.3 Å². The van der Waals surface area contributed by atoms with Gasteiger partial charge in [0.2, 0.25) is 0 Å². The summed E-state index contributed by atoms with van der Waals surface area (Å²) in [5.74, 6) is 0.361. The van der Waals surface area contributed by atoms with Gasteiger partial charge in [0.25, 0.3) is 5.91 Å². The Balaban J connectivity index is 0.000000640. The Morgan fingerprint density at radius 2 is 1.72 bits per heavy atom. The van der Waals surface area contributed by atoms with Gasteiger partial charge in [0, 0.05) is 43.7 Å². The van der Waals surface area contributed by atoms with Gasteiger partial charge in [0.1, 0.15) is 5.75 Å². The van der Waals surface area contributed by atoms with Crippen molar-refractivity contribution in [3.8, 4) is 5.75 Å². The molecule has 1 amide bonds. The molecule has 2 aromatic rings. The van der Waals surface area contributed by atoms with Crippen molar-refractivity contribution in [1.29, 1.82) is 0 Å². The van der Waals surface area contributed by atoms with Crippen molar-refractivity contribution in [3.63, 3.8) is 0 Å². The summed E-state index contributed by atoms with van der Waals surface area (Å²) in [6.45, 7) is 12.0. The first-order valence-electron chi connectivity index (χ1n) is 12.2. The molecule has 36 heavy (non-hydrogen) atoms. The third kappa shape index (κ3) is 13.9. The van der Waals surface area contributed by atoms with Gasteiger partial charge in [-0.15, -0.1) is 0 Å². The Morgan fingerprint density at radius 3 is 2.22 bits per heavy atom. The van der Waals surface area contributed by atoms with E-state index in [1.54, 1.807) is 25.1 Å². The molecule has 0 aliphatic carbocycles. The highest BCUT2D eigenvalue weighted by Crippen LogP contribution is 2.26. The molecule has 0 fully saturated rings. The average molecular weight is 520 g/mol. The second kappa shape index (κ2) is 19.3. The summed E-state index contributed by atoms with van der Waals surface area (Å²) in [7, 11) is 1.83. The number of aryl methyl sites for hydroxylation is 1. The zero-order valence-electron chi connectivity index (χ0n) is 22.5. The summed E-state index contributed by atoms with van der Waals surface area (Å²) in [6, 6.07) is 13.0. The van der Waals surface area contributed by atoms with Gasteiger partial charge in [0.15, 0.2) is 0 Å². The van der Waals surface area contributed by atoms with Crippen LogP contribution in [0.3, 0.4) is 0 Å². The molecule has 1 unspecified atom stereocenters. The predicted molar refractivity (Wildman–Crippen MR) is 151 cm³/mol. The van der Waals surface area contributed by atoms with Crippen LogP contribution in [0.1, 0.15) is 62.5 Å². The number of aliphatic hydroxyl groups excluding tert-OH is 2. The number of halogens is 1. The fourth-order valence-electron chi connectivity index (χ4n) is 2.62. The van der Waals surface area contributed by atoms with Gasteiger partial charge in [-0.3, -0.25) is 9.79 Å². The molecule has 0 saturated carbocycles. The minimum absolute atomic E-state index is 0.0340. The number of amides is 1. The molecule has 0 aliphatic rings. The SMILES string of the molecule is CC.CC(C)Oc1ccc(C(=O)NCCCO)cc1Cl.CN/C=C(\N=CC(C)O)c1ccc(C)cc1. The van der Waals surface area contributed by atoms with E-state index in [0.29, 0.717) is 29.3 Å². The van der Waals surface area contributed by atoms with Crippen molar-refractivity contribution in [2.75, 3.05) is 20.2 Å². The molecule has 4 N–H and O–H groups in total. The van der Waals surface area contributed by atoms with Crippen LogP contribution in [0.15, 0.2) is 53.7 Å².